The van der Waals surface area contributed by atoms with Crippen molar-refractivity contribution in [2.24, 2.45) is 5.92 Å². The van der Waals surface area contributed by atoms with E-state index < -0.39 is 0 Å². The number of allylic oxidation sites excluding steroid dienone is 1. The molecule has 0 N–H and O–H groups in total. The molecule has 0 radical (unpaired) electrons. The molecule has 4 nitrogen and oxygen atoms in total. The lowest BCUT2D eigenvalue weighted by Crippen LogP contribution is -2.21. The van der Waals surface area contributed by atoms with E-state index >= 15 is 0 Å². The van der Waals surface area contributed by atoms with Crippen LogP contribution in [0.25, 0.3) is 6.08 Å². The van der Waals surface area contributed by atoms with Crippen molar-refractivity contribution in [3.05, 3.63) is 29.8 Å². The van der Waals surface area contributed by atoms with Gasteiger partial charge >= 0.3 is 0 Å². The van der Waals surface area contributed by atoms with E-state index in [4.69, 9.17) is 14.2 Å². The van der Waals surface area contributed by atoms with Gasteiger partial charge in [0.15, 0.2) is 17.3 Å². The second-order valence-corrected chi connectivity index (χ2v) is 4.73. The van der Waals surface area contributed by atoms with E-state index in [1.165, 1.54) is 0 Å². The Labute approximate surface area is 119 Å². The molecule has 1 aromatic rings. The SMILES string of the molecule is C/C=C/c1ccc(OCC(=O)C2CCOC2)c(OC)c1. The zero-order valence-electron chi connectivity index (χ0n) is 11.9. The molecule has 0 bridgehead atoms. The molecule has 1 atom stereocenters. The van der Waals surface area contributed by atoms with E-state index in [2.05, 4.69) is 0 Å². The molecule has 4 heteroatoms. The first kappa shape index (κ1) is 14.6. The largest absolute Gasteiger partial charge is 0.493 e. The zero-order chi connectivity index (χ0) is 14.4. The number of carbonyl (C=O) groups excluding carboxylic acids is 1. The normalized spacial score (nSPS) is 18.4. The van der Waals surface area contributed by atoms with Gasteiger partial charge in [-0.1, -0.05) is 18.2 Å². The van der Waals surface area contributed by atoms with Crippen LogP contribution in [0.15, 0.2) is 24.3 Å². The molecule has 0 amide bonds. The summed E-state index contributed by atoms with van der Waals surface area (Å²) in [4.78, 5) is 11.9. The number of hydrogen-bond acceptors (Lipinski definition) is 4. The van der Waals surface area contributed by atoms with Crippen LogP contribution >= 0.6 is 0 Å². The summed E-state index contributed by atoms with van der Waals surface area (Å²) in [5, 5.41) is 0. The molecule has 1 heterocycles. The van der Waals surface area contributed by atoms with Gasteiger partial charge in [0.1, 0.15) is 6.61 Å². The summed E-state index contributed by atoms with van der Waals surface area (Å²) in [6.07, 6.45) is 4.73. The lowest BCUT2D eigenvalue weighted by Gasteiger charge is -2.12. The number of benzene rings is 1. The second kappa shape index (κ2) is 7.10. The lowest BCUT2D eigenvalue weighted by atomic mass is 10.0. The van der Waals surface area contributed by atoms with Gasteiger partial charge < -0.3 is 14.2 Å². The molecule has 1 saturated heterocycles. The van der Waals surface area contributed by atoms with Gasteiger partial charge in [0.25, 0.3) is 0 Å². The summed E-state index contributed by atoms with van der Waals surface area (Å²) in [7, 11) is 1.59. The van der Waals surface area contributed by atoms with E-state index in [0.717, 1.165) is 12.0 Å². The monoisotopic (exact) mass is 276 g/mol. The molecule has 0 aromatic heterocycles. The van der Waals surface area contributed by atoms with Crippen LogP contribution in [0.4, 0.5) is 0 Å². The van der Waals surface area contributed by atoms with E-state index in [-0.39, 0.29) is 18.3 Å². The van der Waals surface area contributed by atoms with Gasteiger partial charge in [-0.3, -0.25) is 4.79 Å². The minimum Gasteiger partial charge on any atom is -0.493 e. The van der Waals surface area contributed by atoms with Crippen molar-refractivity contribution < 1.29 is 19.0 Å². The predicted octanol–water partition coefficient (Wildman–Crippen LogP) is 2.71. The Morgan fingerprint density at radius 1 is 1.45 bits per heavy atom. The summed E-state index contributed by atoms with van der Waals surface area (Å²) in [5.41, 5.74) is 1.03. The summed E-state index contributed by atoms with van der Waals surface area (Å²) in [6, 6.07) is 5.64. The van der Waals surface area contributed by atoms with Gasteiger partial charge in [-0.05, 0) is 31.0 Å². The van der Waals surface area contributed by atoms with Gasteiger partial charge in [0.2, 0.25) is 0 Å². The Bertz CT molecular complexity index is 487. The van der Waals surface area contributed by atoms with Crippen LogP contribution in [0.2, 0.25) is 0 Å². The number of hydrogen-bond donors (Lipinski definition) is 0. The van der Waals surface area contributed by atoms with Crippen LogP contribution in [0, 0.1) is 5.92 Å². The first-order valence-electron chi connectivity index (χ1n) is 6.78. The highest BCUT2D eigenvalue weighted by Gasteiger charge is 2.23. The van der Waals surface area contributed by atoms with Crippen LogP contribution in [-0.4, -0.2) is 32.7 Å². The molecule has 0 saturated carbocycles. The maximum atomic E-state index is 11.9. The molecule has 1 aliphatic heterocycles. The molecule has 0 spiro atoms. The van der Waals surface area contributed by atoms with Gasteiger partial charge in [-0.25, -0.2) is 0 Å². The van der Waals surface area contributed by atoms with Crippen molar-refractivity contribution in [3.8, 4) is 11.5 Å². The predicted molar refractivity (Wildman–Crippen MR) is 77.1 cm³/mol. The molecule has 108 valence electrons. The Kier molecular flexibility index (Phi) is 5.18. The molecule has 1 aliphatic rings. The number of carbonyl (C=O) groups is 1. The maximum absolute atomic E-state index is 11.9. The van der Waals surface area contributed by atoms with E-state index in [1.807, 2.05) is 37.3 Å². The highest BCUT2D eigenvalue weighted by molar-refractivity contribution is 5.82. The lowest BCUT2D eigenvalue weighted by molar-refractivity contribution is -0.124. The minimum atomic E-state index is -0.0247. The van der Waals surface area contributed by atoms with E-state index in [9.17, 15) is 4.79 Å². The Morgan fingerprint density at radius 2 is 2.30 bits per heavy atom. The quantitative estimate of drug-likeness (QED) is 0.801. The molecular weight excluding hydrogens is 256 g/mol. The summed E-state index contributed by atoms with van der Waals surface area (Å²) in [5.74, 6) is 1.29. The van der Waals surface area contributed by atoms with Crippen molar-refractivity contribution in [2.75, 3.05) is 26.9 Å². The number of Topliss-reactive ketones (excluding diaryl/α,β-unsaturated/α-hetero) is 1. The Balaban J connectivity index is 1.99. The first-order valence-corrected chi connectivity index (χ1v) is 6.78. The van der Waals surface area contributed by atoms with E-state index in [1.54, 1.807) is 7.11 Å². The van der Waals surface area contributed by atoms with Crippen LogP contribution < -0.4 is 9.47 Å². The molecular formula is C16H20O4. The number of ketones is 1. The number of rotatable bonds is 6. The third kappa shape index (κ3) is 3.61. The van der Waals surface area contributed by atoms with Gasteiger partial charge in [0, 0.05) is 12.5 Å². The summed E-state index contributed by atoms with van der Waals surface area (Å²) >= 11 is 0. The first-order chi connectivity index (χ1) is 9.74. The number of ether oxygens (including phenoxy) is 3. The fourth-order valence-electron chi connectivity index (χ4n) is 2.15. The fraction of sp³-hybridized carbons (Fsp3) is 0.438. The van der Waals surface area contributed by atoms with Crippen LogP contribution in [0.1, 0.15) is 18.9 Å². The molecule has 1 unspecified atom stereocenters. The van der Waals surface area contributed by atoms with Gasteiger partial charge in [-0.2, -0.15) is 0 Å². The minimum absolute atomic E-state index is 0.0247. The average Bonchev–Trinajstić information content (AvgIpc) is 3.00. The van der Waals surface area contributed by atoms with E-state index in [0.29, 0.717) is 24.7 Å². The second-order valence-electron chi connectivity index (χ2n) is 4.73. The Hall–Kier alpha value is -1.81. The smallest absolute Gasteiger partial charge is 0.175 e. The molecule has 2 rings (SSSR count). The van der Waals surface area contributed by atoms with Gasteiger partial charge in [0.05, 0.1) is 13.7 Å². The van der Waals surface area contributed by atoms with Crippen LogP contribution in [0.5, 0.6) is 11.5 Å². The topological polar surface area (TPSA) is 44.8 Å². The average molecular weight is 276 g/mol. The Morgan fingerprint density at radius 3 is 2.95 bits per heavy atom. The maximum Gasteiger partial charge on any atom is 0.175 e. The number of methoxy groups -OCH3 is 1. The summed E-state index contributed by atoms with van der Waals surface area (Å²) in [6.45, 7) is 3.20. The third-order valence-corrected chi connectivity index (χ3v) is 3.30. The van der Waals surface area contributed by atoms with Crippen molar-refractivity contribution >= 4 is 11.9 Å². The van der Waals surface area contributed by atoms with Gasteiger partial charge in [-0.15, -0.1) is 0 Å². The highest BCUT2D eigenvalue weighted by Crippen LogP contribution is 2.29. The molecule has 0 aliphatic carbocycles. The fourth-order valence-corrected chi connectivity index (χ4v) is 2.15. The zero-order valence-corrected chi connectivity index (χ0v) is 11.9. The van der Waals surface area contributed by atoms with Crippen LogP contribution in [0.3, 0.4) is 0 Å². The van der Waals surface area contributed by atoms with Crippen molar-refractivity contribution in [1.82, 2.24) is 0 Å². The van der Waals surface area contributed by atoms with Crippen molar-refractivity contribution in [2.45, 2.75) is 13.3 Å². The third-order valence-electron chi connectivity index (χ3n) is 3.30. The van der Waals surface area contributed by atoms with Crippen molar-refractivity contribution in [3.63, 3.8) is 0 Å². The highest BCUT2D eigenvalue weighted by atomic mass is 16.5. The van der Waals surface area contributed by atoms with Crippen molar-refractivity contribution in [1.29, 1.82) is 0 Å². The molecule has 1 fully saturated rings. The summed E-state index contributed by atoms with van der Waals surface area (Å²) < 4.78 is 16.1. The molecule has 1 aromatic carbocycles. The van der Waals surface area contributed by atoms with Crippen LogP contribution in [-0.2, 0) is 9.53 Å². The molecule has 20 heavy (non-hydrogen) atoms. The standard InChI is InChI=1S/C16H20O4/c1-3-4-12-5-6-15(16(9-12)18-2)20-11-14(17)13-7-8-19-10-13/h3-6,9,13H,7-8,10-11H2,1-2H3/b4-3+.